The maximum Gasteiger partial charge on any atom is 0.295 e. The van der Waals surface area contributed by atoms with Gasteiger partial charge in [0, 0.05) is 12.1 Å². The number of benzene rings is 2. The summed E-state index contributed by atoms with van der Waals surface area (Å²) in [5.74, 6) is -0.529. The Balaban J connectivity index is 2.03. The van der Waals surface area contributed by atoms with E-state index in [9.17, 15) is 19.8 Å². The highest BCUT2D eigenvalue weighted by Crippen LogP contribution is 2.41. The highest BCUT2D eigenvalue weighted by Gasteiger charge is 2.46. The van der Waals surface area contributed by atoms with Crippen LogP contribution in [-0.2, 0) is 9.59 Å². The maximum atomic E-state index is 13.1. The molecule has 2 N–H and O–H groups in total. The van der Waals surface area contributed by atoms with Crippen molar-refractivity contribution in [2.75, 3.05) is 40.9 Å². The minimum absolute atomic E-state index is 0.0136. The van der Waals surface area contributed by atoms with Crippen LogP contribution in [0.25, 0.3) is 5.76 Å². The predicted molar refractivity (Wildman–Crippen MR) is 134 cm³/mol. The van der Waals surface area contributed by atoms with Crippen LogP contribution in [0.5, 0.6) is 17.2 Å². The molecule has 1 aliphatic heterocycles. The number of rotatable bonds is 10. The zero-order chi connectivity index (χ0) is 25.7. The first-order valence-corrected chi connectivity index (χ1v) is 11.7. The van der Waals surface area contributed by atoms with Crippen LogP contribution < -0.4 is 9.47 Å². The molecular formula is C27H34N2O6. The first kappa shape index (κ1) is 26.1. The monoisotopic (exact) mass is 482 g/mol. The van der Waals surface area contributed by atoms with Gasteiger partial charge in [-0.15, -0.1) is 0 Å². The Kier molecular flexibility index (Phi) is 8.40. The highest BCUT2D eigenvalue weighted by molar-refractivity contribution is 6.46. The van der Waals surface area contributed by atoms with Gasteiger partial charge < -0.3 is 29.5 Å². The van der Waals surface area contributed by atoms with Gasteiger partial charge in [0.05, 0.1) is 25.3 Å². The topological polar surface area (TPSA) is 99.5 Å². The van der Waals surface area contributed by atoms with Gasteiger partial charge in [-0.2, -0.15) is 0 Å². The molecule has 2 aromatic carbocycles. The van der Waals surface area contributed by atoms with Gasteiger partial charge in [-0.3, -0.25) is 9.59 Å². The molecule has 0 radical (unpaired) electrons. The van der Waals surface area contributed by atoms with Crippen LogP contribution in [0.1, 0.15) is 37.4 Å². The van der Waals surface area contributed by atoms with E-state index in [2.05, 4.69) is 13.8 Å². The van der Waals surface area contributed by atoms with Crippen LogP contribution in [0.3, 0.4) is 0 Å². The minimum atomic E-state index is -0.842. The number of aliphatic hydroxyl groups excluding tert-OH is 1. The summed E-state index contributed by atoms with van der Waals surface area (Å²) in [6.07, 6.45) is 0.639. The predicted octanol–water partition coefficient (Wildman–Crippen LogP) is 3.81. The van der Waals surface area contributed by atoms with Gasteiger partial charge in [-0.05, 0) is 74.9 Å². The molecule has 1 atom stereocenters. The normalized spacial score (nSPS) is 17.5. The molecule has 2 aromatic rings. The number of ether oxygens (including phenoxy) is 2. The van der Waals surface area contributed by atoms with Gasteiger partial charge in [-0.25, -0.2) is 0 Å². The third kappa shape index (κ3) is 5.95. The van der Waals surface area contributed by atoms with Crippen molar-refractivity contribution in [2.24, 2.45) is 5.92 Å². The summed E-state index contributed by atoms with van der Waals surface area (Å²) < 4.78 is 10.8. The number of hydrogen-bond acceptors (Lipinski definition) is 7. The molecule has 0 aliphatic carbocycles. The molecule has 0 aromatic heterocycles. The standard InChI is InChI=1S/C27H34N2O6/c1-17(2)16-35-20-10-7-18(8-11-20)25(31)23-24(19-9-12-22(34-5)21(30)15-19)29(27(33)26(23)32)14-6-13-28(3)4/h7-12,15,17,24,30-31H,6,13-14,16H2,1-5H3/b25-23-. The average molecular weight is 483 g/mol. The molecule has 0 spiro atoms. The first-order valence-electron chi connectivity index (χ1n) is 11.7. The average Bonchev–Trinajstić information content (AvgIpc) is 3.07. The number of Topliss-reactive ketones (excluding diaryl/α,β-unsaturated/α-hetero) is 1. The Morgan fingerprint density at radius 2 is 1.80 bits per heavy atom. The lowest BCUT2D eigenvalue weighted by molar-refractivity contribution is -0.139. The van der Waals surface area contributed by atoms with Crippen molar-refractivity contribution in [3.05, 3.63) is 59.2 Å². The first-order chi connectivity index (χ1) is 16.6. The SMILES string of the molecule is COc1ccc(C2/C(=C(/O)c3ccc(OCC(C)C)cc3)C(=O)C(=O)N2CCCN(C)C)cc1O. The number of carbonyl (C=O) groups is 2. The quantitative estimate of drug-likeness (QED) is 0.302. The Morgan fingerprint density at radius 3 is 2.37 bits per heavy atom. The Labute approximate surface area is 206 Å². The number of aliphatic hydroxyl groups is 1. The number of hydrogen-bond donors (Lipinski definition) is 2. The summed E-state index contributed by atoms with van der Waals surface area (Å²) in [5, 5.41) is 21.6. The summed E-state index contributed by atoms with van der Waals surface area (Å²) in [6.45, 7) is 5.70. The van der Waals surface area contributed by atoms with Crippen LogP contribution in [0.2, 0.25) is 0 Å². The van der Waals surface area contributed by atoms with Gasteiger partial charge >= 0.3 is 0 Å². The Bertz CT molecular complexity index is 1090. The number of likely N-dealkylation sites (tertiary alicyclic amines) is 1. The van der Waals surface area contributed by atoms with Gasteiger partial charge in [0.25, 0.3) is 11.7 Å². The zero-order valence-corrected chi connectivity index (χ0v) is 20.9. The number of methoxy groups -OCH3 is 1. The van der Waals surface area contributed by atoms with Crippen molar-refractivity contribution in [1.82, 2.24) is 9.80 Å². The molecule has 35 heavy (non-hydrogen) atoms. The summed E-state index contributed by atoms with van der Waals surface area (Å²) in [6, 6.07) is 10.6. The van der Waals surface area contributed by atoms with Crippen molar-refractivity contribution in [2.45, 2.75) is 26.3 Å². The summed E-state index contributed by atoms with van der Waals surface area (Å²) in [5.41, 5.74) is 0.891. The van der Waals surface area contributed by atoms with Crippen molar-refractivity contribution in [3.8, 4) is 17.2 Å². The van der Waals surface area contributed by atoms with Crippen molar-refractivity contribution < 1.29 is 29.3 Å². The number of ketones is 1. The minimum Gasteiger partial charge on any atom is -0.507 e. The Morgan fingerprint density at radius 1 is 1.11 bits per heavy atom. The third-order valence-electron chi connectivity index (χ3n) is 5.77. The van der Waals surface area contributed by atoms with Crippen LogP contribution in [0.4, 0.5) is 0 Å². The van der Waals surface area contributed by atoms with Crippen LogP contribution in [0, 0.1) is 5.92 Å². The van der Waals surface area contributed by atoms with Crippen LogP contribution in [-0.4, -0.2) is 72.6 Å². The molecule has 188 valence electrons. The smallest absolute Gasteiger partial charge is 0.295 e. The highest BCUT2D eigenvalue weighted by atomic mass is 16.5. The second-order valence-corrected chi connectivity index (χ2v) is 9.31. The van der Waals surface area contributed by atoms with Gasteiger partial charge in [0.2, 0.25) is 0 Å². The molecule has 1 aliphatic rings. The molecule has 0 bridgehead atoms. The number of phenols is 1. The zero-order valence-electron chi connectivity index (χ0n) is 20.9. The van der Waals surface area contributed by atoms with Gasteiger partial charge in [-0.1, -0.05) is 19.9 Å². The van der Waals surface area contributed by atoms with Gasteiger partial charge in [0.1, 0.15) is 11.5 Å². The van der Waals surface area contributed by atoms with E-state index in [0.29, 0.717) is 42.4 Å². The maximum absolute atomic E-state index is 13.1. The molecule has 3 rings (SSSR count). The Hall–Kier alpha value is -3.52. The lowest BCUT2D eigenvalue weighted by atomic mass is 9.95. The van der Waals surface area contributed by atoms with E-state index in [1.807, 2.05) is 19.0 Å². The van der Waals surface area contributed by atoms with E-state index in [-0.39, 0.29) is 22.8 Å². The van der Waals surface area contributed by atoms with Gasteiger partial charge in [0.15, 0.2) is 11.5 Å². The lowest BCUT2D eigenvalue weighted by Gasteiger charge is -2.26. The molecule has 1 fully saturated rings. The molecular weight excluding hydrogens is 448 g/mol. The van der Waals surface area contributed by atoms with Crippen LogP contribution >= 0.6 is 0 Å². The van der Waals surface area contributed by atoms with Crippen molar-refractivity contribution in [3.63, 3.8) is 0 Å². The third-order valence-corrected chi connectivity index (χ3v) is 5.77. The second kappa shape index (κ2) is 11.3. The van der Waals surface area contributed by atoms with E-state index >= 15 is 0 Å². The van der Waals surface area contributed by atoms with E-state index in [1.54, 1.807) is 36.4 Å². The summed E-state index contributed by atoms with van der Waals surface area (Å²) in [7, 11) is 5.31. The van der Waals surface area contributed by atoms with E-state index < -0.39 is 17.7 Å². The van der Waals surface area contributed by atoms with Crippen LogP contribution in [0.15, 0.2) is 48.0 Å². The molecule has 1 unspecified atom stereocenters. The number of aromatic hydroxyl groups is 1. The number of phenolic OH excluding ortho intramolecular Hbond substituents is 1. The number of nitrogens with zero attached hydrogens (tertiary/aromatic N) is 2. The fourth-order valence-corrected chi connectivity index (χ4v) is 4.02. The molecule has 1 saturated heterocycles. The molecule has 8 heteroatoms. The second-order valence-electron chi connectivity index (χ2n) is 9.31. The van der Waals surface area contributed by atoms with Crippen molar-refractivity contribution >= 4 is 17.4 Å². The summed E-state index contributed by atoms with van der Waals surface area (Å²) in [4.78, 5) is 29.6. The van der Waals surface area contributed by atoms with E-state index in [1.165, 1.54) is 18.1 Å². The number of amides is 1. The molecule has 1 heterocycles. The summed E-state index contributed by atoms with van der Waals surface area (Å²) >= 11 is 0. The lowest BCUT2D eigenvalue weighted by Crippen LogP contribution is -2.32. The fourth-order valence-electron chi connectivity index (χ4n) is 4.02. The number of carbonyl (C=O) groups excluding carboxylic acids is 2. The fraction of sp³-hybridized carbons (Fsp3) is 0.407. The van der Waals surface area contributed by atoms with E-state index in [0.717, 1.165) is 6.54 Å². The molecule has 0 saturated carbocycles. The largest absolute Gasteiger partial charge is 0.507 e. The van der Waals surface area contributed by atoms with Crippen molar-refractivity contribution in [1.29, 1.82) is 0 Å². The molecule has 1 amide bonds. The van der Waals surface area contributed by atoms with E-state index in [4.69, 9.17) is 9.47 Å². The molecule has 8 nitrogen and oxygen atoms in total.